The Morgan fingerprint density at radius 1 is 0.978 bits per heavy atom. The zero-order valence-corrected chi connectivity index (χ0v) is 28.8. The lowest BCUT2D eigenvalue weighted by Crippen LogP contribution is -2.66. The third kappa shape index (κ3) is 9.26. The van der Waals surface area contributed by atoms with E-state index in [-0.39, 0.29) is 17.1 Å². The number of carbonyl (C=O) groups is 1. The zero-order valence-electron chi connectivity index (χ0n) is 27.8. The molecule has 2 unspecified atom stereocenters. The van der Waals surface area contributed by atoms with Gasteiger partial charge >= 0.3 is 5.97 Å². The van der Waals surface area contributed by atoms with Crippen molar-refractivity contribution in [3.8, 4) is 0 Å². The summed E-state index contributed by atoms with van der Waals surface area (Å²) in [5.41, 5.74) is 0.939. The molecule has 4 atom stereocenters. The van der Waals surface area contributed by atoms with E-state index in [1.165, 1.54) is 17.3 Å². The van der Waals surface area contributed by atoms with Gasteiger partial charge in [-0.2, -0.15) is 0 Å². The van der Waals surface area contributed by atoms with Crippen LogP contribution in [0.4, 0.5) is 0 Å². The van der Waals surface area contributed by atoms with Gasteiger partial charge in [-0.15, -0.1) is 0 Å². The lowest BCUT2D eigenvalue weighted by Gasteiger charge is -2.43. The number of esters is 1. The van der Waals surface area contributed by atoms with Crippen LogP contribution in [0.1, 0.15) is 91.2 Å². The molecular weight excluding hydrogens is 577 g/mol. The fourth-order valence-electron chi connectivity index (χ4n) is 6.65. The quantitative estimate of drug-likeness (QED) is 0.0852. The van der Waals surface area contributed by atoms with E-state index in [0.717, 1.165) is 37.7 Å². The number of carbonyl (C=O) groups excluding carboxylic acids is 1. The highest BCUT2D eigenvalue weighted by Gasteiger charge is 2.50. The first kappa shape index (κ1) is 34.8. The minimum Gasteiger partial charge on any atom is -0.453 e. The zero-order chi connectivity index (χ0) is 32.3. The average Bonchev–Trinajstić information content (AvgIpc) is 3.02. The molecule has 1 aliphatic heterocycles. The number of ether oxygens (including phenoxy) is 2. The van der Waals surface area contributed by atoms with Gasteiger partial charge in [0.15, 0.2) is 5.79 Å². The predicted octanol–water partition coefficient (Wildman–Crippen LogP) is 7.88. The maximum Gasteiger partial charge on any atom is 0.303 e. The van der Waals surface area contributed by atoms with Crippen LogP contribution in [0.5, 0.6) is 0 Å². The van der Waals surface area contributed by atoms with Crippen LogP contribution in [0.15, 0.2) is 103 Å². The fourth-order valence-corrected chi connectivity index (χ4v) is 11.3. The molecule has 0 aromatic heterocycles. The van der Waals surface area contributed by atoms with Crippen LogP contribution in [0.3, 0.4) is 0 Å². The molecule has 1 heterocycles. The largest absolute Gasteiger partial charge is 0.453 e. The van der Waals surface area contributed by atoms with Gasteiger partial charge in [0.2, 0.25) is 0 Å². The minimum absolute atomic E-state index is 0.00604. The topological polar surface area (TPSA) is 65.0 Å². The van der Waals surface area contributed by atoms with Crippen molar-refractivity contribution in [1.29, 1.82) is 0 Å². The summed E-state index contributed by atoms with van der Waals surface area (Å²) in [7, 11) is -2.57. The molecule has 4 rings (SSSR count). The summed E-state index contributed by atoms with van der Waals surface area (Å²) in [5.74, 6) is -1.04. The number of allylic oxidation sites excluding steroid dienone is 1. The Morgan fingerprint density at radius 3 is 2.11 bits per heavy atom. The monoisotopic (exact) mass is 628 g/mol. The second-order valence-electron chi connectivity index (χ2n) is 13.5. The Kier molecular flexibility index (Phi) is 12.4. The van der Waals surface area contributed by atoms with Crippen LogP contribution in [-0.2, 0) is 18.7 Å². The summed E-state index contributed by atoms with van der Waals surface area (Å²) in [4.78, 5) is 11.6. The third-order valence-corrected chi connectivity index (χ3v) is 14.1. The van der Waals surface area contributed by atoms with E-state index in [9.17, 15) is 9.90 Å². The van der Waals surface area contributed by atoms with Gasteiger partial charge in [0.25, 0.3) is 8.32 Å². The van der Waals surface area contributed by atoms with E-state index >= 15 is 0 Å². The van der Waals surface area contributed by atoms with Gasteiger partial charge in [-0.05, 0) is 65.1 Å². The normalized spacial score (nSPS) is 21.5. The summed E-state index contributed by atoms with van der Waals surface area (Å²) in [5, 5.41) is 13.9. The lowest BCUT2D eigenvalue weighted by molar-refractivity contribution is -0.270. The number of benzene rings is 3. The first-order valence-electron chi connectivity index (χ1n) is 16.6. The second kappa shape index (κ2) is 16.0. The second-order valence-corrected chi connectivity index (χ2v) is 17.8. The van der Waals surface area contributed by atoms with E-state index in [4.69, 9.17) is 13.9 Å². The van der Waals surface area contributed by atoms with Crippen molar-refractivity contribution in [2.45, 2.75) is 103 Å². The van der Waals surface area contributed by atoms with Gasteiger partial charge in [0.05, 0.1) is 6.10 Å². The van der Waals surface area contributed by atoms with Crippen LogP contribution in [0, 0.1) is 5.92 Å². The highest BCUT2D eigenvalue weighted by molar-refractivity contribution is 6.99. The summed E-state index contributed by atoms with van der Waals surface area (Å²) in [6.07, 6.45) is 8.98. The molecule has 0 amide bonds. The molecule has 0 bridgehead atoms. The maximum atomic E-state index is 11.6. The van der Waals surface area contributed by atoms with Crippen molar-refractivity contribution in [1.82, 2.24) is 0 Å². The molecule has 6 heteroatoms. The molecule has 3 aromatic carbocycles. The van der Waals surface area contributed by atoms with E-state index in [1.54, 1.807) is 0 Å². The van der Waals surface area contributed by atoms with Gasteiger partial charge in [-0.1, -0.05) is 125 Å². The Labute approximate surface area is 271 Å². The first-order chi connectivity index (χ1) is 21.5. The number of hydrogen-bond acceptors (Lipinski definition) is 5. The predicted molar refractivity (Wildman–Crippen MR) is 185 cm³/mol. The van der Waals surface area contributed by atoms with Gasteiger partial charge in [0, 0.05) is 26.4 Å². The Balaban J connectivity index is 1.33. The van der Waals surface area contributed by atoms with Crippen LogP contribution in [0.25, 0.3) is 0 Å². The molecule has 0 aliphatic carbocycles. The number of rotatable bonds is 14. The standard InChI is InChI=1S/C39H52O5Si/c1-31-27-29-39(41,28-17-9-16-25-37(43-32(2)40)33-19-10-6-11-20-33)44-36(31)26-18-30-42-45(38(3,4)5,34-21-12-7-13-22-34)35-23-14-8-15-24-35/h6-8,10-16,19-25,31,36-37,41H,9,17-18,26-30H2,1-5H3/b25-16+/t31-,36+,37?,39?/m0/s1. The first-order valence-corrected chi connectivity index (χ1v) is 18.5. The van der Waals surface area contributed by atoms with E-state index in [0.29, 0.717) is 25.4 Å². The summed E-state index contributed by atoms with van der Waals surface area (Å²) in [6.45, 7) is 11.2. The third-order valence-electron chi connectivity index (χ3n) is 9.03. The molecule has 1 fully saturated rings. The Morgan fingerprint density at radius 2 is 1.56 bits per heavy atom. The summed E-state index contributed by atoms with van der Waals surface area (Å²) >= 11 is 0. The van der Waals surface area contributed by atoms with Gasteiger partial charge in [0.1, 0.15) is 6.10 Å². The molecule has 1 saturated heterocycles. The van der Waals surface area contributed by atoms with Crippen molar-refractivity contribution in [3.63, 3.8) is 0 Å². The lowest BCUT2D eigenvalue weighted by atomic mass is 9.87. The van der Waals surface area contributed by atoms with E-state index in [1.807, 2.05) is 42.5 Å². The van der Waals surface area contributed by atoms with Crippen molar-refractivity contribution in [2.75, 3.05) is 6.61 Å². The summed E-state index contributed by atoms with van der Waals surface area (Å²) in [6, 6.07) is 31.2. The molecule has 3 aromatic rings. The number of aliphatic hydroxyl groups is 1. The van der Waals surface area contributed by atoms with Crippen molar-refractivity contribution < 1.29 is 23.8 Å². The number of hydrogen-bond donors (Lipinski definition) is 1. The SMILES string of the molecule is CC(=O)OC(/C=C/CCCC1(O)CC[C@H](C)[C@@H](CCCO[Si](c2ccccc2)(c2ccccc2)C(C)(C)C)O1)c1ccccc1. The highest BCUT2D eigenvalue weighted by Crippen LogP contribution is 2.38. The molecular formula is C39H52O5Si. The molecule has 0 saturated carbocycles. The van der Waals surface area contributed by atoms with Gasteiger partial charge in [-0.3, -0.25) is 4.79 Å². The molecule has 1 N–H and O–H groups in total. The Hall–Kier alpha value is -3.03. The molecule has 242 valence electrons. The highest BCUT2D eigenvalue weighted by atomic mass is 28.4. The van der Waals surface area contributed by atoms with Gasteiger partial charge < -0.3 is 19.0 Å². The number of unbranched alkanes of at least 4 members (excludes halogenated alkanes) is 1. The van der Waals surface area contributed by atoms with Crippen LogP contribution < -0.4 is 10.4 Å². The van der Waals surface area contributed by atoms with Crippen LogP contribution in [-0.4, -0.2) is 37.9 Å². The smallest absolute Gasteiger partial charge is 0.303 e. The molecule has 5 nitrogen and oxygen atoms in total. The average molecular weight is 629 g/mol. The fraction of sp³-hybridized carbons (Fsp3) is 0.462. The van der Waals surface area contributed by atoms with Crippen molar-refractivity contribution in [3.05, 3.63) is 109 Å². The molecule has 0 spiro atoms. The van der Waals surface area contributed by atoms with E-state index in [2.05, 4.69) is 88.4 Å². The Bertz CT molecular complexity index is 1300. The van der Waals surface area contributed by atoms with Crippen molar-refractivity contribution in [2.24, 2.45) is 5.92 Å². The maximum absolute atomic E-state index is 11.6. The minimum atomic E-state index is -2.57. The van der Waals surface area contributed by atoms with Crippen molar-refractivity contribution >= 4 is 24.7 Å². The van der Waals surface area contributed by atoms with Crippen LogP contribution >= 0.6 is 0 Å². The molecule has 1 aliphatic rings. The molecule has 45 heavy (non-hydrogen) atoms. The summed E-state index contributed by atoms with van der Waals surface area (Å²) < 4.78 is 19.0. The molecule has 0 radical (unpaired) electrons. The van der Waals surface area contributed by atoms with Crippen LogP contribution in [0.2, 0.25) is 5.04 Å². The van der Waals surface area contributed by atoms with Gasteiger partial charge in [-0.25, -0.2) is 0 Å². The van der Waals surface area contributed by atoms with E-state index < -0.39 is 20.2 Å².